The molecule has 0 aromatic heterocycles. The monoisotopic (exact) mass is 166 g/mol. The maximum Gasteiger partial charge on any atom is 0.00684 e. The molecule has 0 aromatic rings. The van der Waals surface area contributed by atoms with Crippen molar-refractivity contribution >= 4 is 0 Å². The van der Waals surface area contributed by atoms with Gasteiger partial charge in [0.2, 0.25) is 0 Å². The molecule has 0 aromatic carbocycles. The van der Waals surface area contributed by atoms with Crippen LogP contribution in [0.3, 0.4) is 0 Å². The van der Waals surface area contributed by atoms with Crippen molar-refractivity contribution in [3.63, 3.8) is 0 Å². The van der Waals surface area contributed by atoms with Gasteiger partial charge in [0.1, 0.15) is 0 Å². The molecule has 0 amide bonds. The van der Waals surface area contributed by atoms with Crippen LogP contribution in [0.5, 0.6) is 0 Å². The molecule has 2 nitrogen and oxygen atoms in total. The summed E-state index contributed by atoms with van der Waals surface area (Å²) in [6.07, 6.45) is 5.78. The minimum Gasteiger partial charge on any atom is -0.316 e. The Morgan fingerprint density at radius 1 is 1.33 bits per heavy atom. The third-order valence-electron chi connectivity index (χ3n) is 4.04. The summed E-state index contributed by atoms with van der Waals surface area (Å²) >= 11 is 0. The van der Waals surface area contributed by atoms with E-state index in [9.17, 15) is 0 Å². The molecular weight excluding hydrogens is 148 g/mol. The standard InChI is InChI=1S/C10H18N2/c1-2-9(1)12-7-10-4-3-8(10)5-11-6-10/h8-9,11-12H,1-7H2. The van der Waals surface area contributed by atoms with Crippen molar-refractivity contribution in [3.05, 3.63) is 0 Å². The molecule has 12 heavy (non-hydrogen) atoms. The van der Waals surface area contributed by atoms with E-state index in [0.717, 1.165) is 12.0 Å². The average Bonchev–Trinajstić information content (AvgIpc) is 2.81. The molecule has 1 aliphatic heterocycles. The Labute approximate surface area is 74.1 Å². The second-order valence-corrected chi connectivity index (χ2v) is 4.88. The van der Waals surface area contributed by atoms with Gasteiger partial charge in [0, 0.05) is 19.1 Å². The molecule has 0 radical (unpaired) electrons. The summed E-state index contributed by atoms with van der Waals surface area (Å²) in [4.78, 5) is 0. The molecule has 2 saturated carbocycles. The molecule has 3 aliphatic rings. The zero-order valence-corrected chi connectivity index (χ0v) is 7.60. The van der Waals surface area contributed by atoms with Gasteiger partial charge in [-0.05, 0) is 43.6 Å². The summed E-state index contributed by atoms with van der Waals surface area (Å²) in [5, 5.41) is 7.21. The van der Waals surface area contributed by atoms with Gasteiger partial charge in [0.25, 0.3) is 0 Å². The van der Waals surface area contributed by atoms with Crippen molar-refractivity contribution in [2.24, 2.45) is 11.3 Å². The minimum atomic E-state index is 0.683. The fraction of sp³-hybridized carbons (Fsp3) is 1.00. The van der Waals surface area contributed by atoms with Crippen LogP contribution in [-0.2, 0) is 0 Å². The van der Waals surface area contributed by atoms with E-state index in [1.54, 1.807) is 0 Å². The summed E-state index contributed by atoms with van der Waals surface area (Å²) in [6, 6.07) is 0.890. The van der Waals surface area contributed by atoms with E-state index >= 15 is 0 Å². The predicted molar refractivity (Wildman–Crippen MR) is 49.1 cm³/mol. The van der Waals surface area contributed by atoms with Crippen LogP contribution in [0.25, 0.3) is 0 Å². The van der Waals surface area contributed by atoms with Crippen LogP contribution in [0.15, 0.2) is 0 Å². The number of hydrogen-bond acceptors (Lipinski definition) is 2. The molecule has 0 bridgehead atoms. The first-order valence-electron chi connectivity index (χ1n) is 5.33. The molecule has 2 N–H and O–H groups in total. The van der Waals surface area contributed by atoms with Crippen LogP contribution in [0.2, 0.25) is 0 Å². The second kappa shape index (κ2) is 2.46. The van der Waals surface area contributed by atoms with Crippen molar-refractivity contribution in [3.8, 4) is 0 Å². The van der Waals surface area contributed by atoms with Gasteiger partial charge in [-0.25, -0.2) is 0 Å². The van der Waals surface area contributed by atoms with Crippen LogP contribution >= 0.6 is 0 Å². The van der Waals surface area contributed by atoms with Crippen LogP contribution in [0, 0.1) is 11.3 Å². The van der Waals surface area contributed by atoms with Gasteiger partial charge in [0.05, 0.1) is 0 Å². The lowest BCUT2D eigenvalue weighted by Crippen LogP contribution is -2.47. The molecule has 1 saturated heterocycles. The van der Waals surface area contributed by atoms with Crippen molar-refractivity contribution < 1.29 is 0 Å². The summed E-state index contributed by atoms with van der Waals surface area (Å²) in [7, 11) is 0. The molecule has 3 fully saturated rings. The Kier molecular flexibility index (Phi) is 1.50. The molecule has 2 unspecified atom stereocenters. The fourth-order valence-corrected chi connectivity index (χ4v) is 2.73. The first-order chi connectivity index (χ1) is 5.89. The van der Waals surface area contributed by atoms with Gasteiger partial charge >= 0.3 is 0 Å². The second-order valence-electron chi connectivity index (χ2n) is 4.88. The van der Waals surface area contributed by atoms with E-state index in [4.69, 9.17) is 0 Å². The Morgan fingerprint density at radius 2 is 2.25 bits per heavy atom. The number of fused-ring (bicyclic) bond motifs is 1. The fourth-order valence-electron chi connectivity index (χ4n) is 2.73. The molecular formula is C10H18N2. The highest BCUT2D eigenvalue weighted by Crippen LogP contribution is 2.48. The van der Waals surface area contributed by atoms with E-state index in [0.29, 0.717) is 5.41 Å². The van der Waals surface area contributed by atoms with Crippen molar-refractivity contribution in [1.29, 1.82) is 0 Å². The first-order valence-corrected chi connectivity index (χ1v) is 5.33. The van der Waals surface area contributed by atoms with Crippen molar-refractivity contribution in [2.45, 2.75) is 31.7 Å². The van der Waals surface area contributed by atoms with E-state index < -0.39 is 0 Å². The molecule has 2 aliphatic carbocycles. The first kappa shape index (κ1) is 7.34. The van der Waals surface area contributed by atoms with Gasteiger partial charge in [-0.15, -0.1) is 0 Å². The van der Waals surface area contributed by atoms with Crippen LogP contribution in [0.4, 0.5) is 0 Å². The quantitative estimate of drug-likeness (QED) is 0.646. The van der Waals surface area contributed by atoms with Crippen LogP contribution in [0.1, 0.15) is 25.7 Å². The highest BCUT2D eigenvalue weighted by molar-refractivity contribution is 5.04. The van der Waals surface area contributed by atoms with Crippen molar-refractivity contribution in [1.82, 2.24) is 10.6 Å². The predicted octanol–water partition coefficient (Wildman–Crippen LogP) is 0.738. The van der Waals surface area contributed by atoms with Crippen molar-refractivity contribution in [2.75, 3.05) is 19.6 Å². The normalized spacial score (nSPS) is 45.5. The summed E-state index contributed by atoms with van der Waals surface area (Å²) in [5.41, 5.74) is 0.683. The summed E-state index contributed by atoms with van der Waals surface area (Å²) < 4.78 is 0. The van der Waals surface area contributed by atoms with Gasteiger partial charge in [-0.1, -0.05) is 0 Å². The zero-order chi connectivity index (χ0) is 8.02. The average molecular weight is 166 g/mol. The van der Waals surface area contributed by atoms with Crippen LogP contribution in [-0.4, -0.2) is 25.7 Å². The maximum atomic E-state index is 3.68. The minimum absolute atomic E-state index is 0.683. The molecule has 68 valence electrons. The topological polar surface area (TPSA) is 24.1 Å². The maximum absolute atomic E-state index is 3.68. The van der Waals surface area contributed by atoms with Gasteiger partial charge in [-0.3, -0.25) is 0 Å². The number of hydrogen-bond donors (Lipinski definition) is 2. The van der Waals surface area contributed by atoms with Gasteiger partial charge in [-0.2, -0.15) is 0 Å². The highest BCUT2D eigenvalue weighted by Gasteiger charge is 2.49. The Bertz CT molecular complexity index is 188. The Hall–Kier alpha value is -0.0800. The Balaban J connectivity index is 1.58. The molecule has 3 rings (SSSR count). The largest absolute Gasteiger partial charge is 0.316 e. The zero-order valence-electron chi connectivity index (χ0n) is 7.60. The van der Waals surface area contributed by atoms with E-state index in [1.165, 1.54) is 45.3 Å². The smallest absolute Gasteiger partial charge is 0.00684 e. The molecule has 2 atom stereocenters. The lowest BCUT2D eigenvalue weighted by molar-refractivity contribution is 0.0845. The third kappa shape index (κ3) is 1.01. The molecule has 2 heteroatoms. The molecule has 0 spiro atoms. The van der Waals surface area contributed by atoms with Gasteiger partial charge in [0.15, 0.2) is 0 Å². The highest BCUT2D eigenvalue weighted by atomic mass is 15.0. The molecule has 1 heterocycles. The van der Waals surface area contributed by atoms with Crippen LogP contribution < -0.4 is 10.6 Å². The Morgan fingerprint density at radius 3 is 2.83 bits per heavy atom. The van der Waals surface area contributed by atoms with Gasteiger partial charge < -0.3 is 10.6 Å². The van der Waals surface area contributed by atoms with E-state index in [1.807, 2.05) is 0 Å². The summed E-state index contributed by atoms with van der Waals surface area (Å²) in [5.74, 6) is 1.00. The lowest BCUT2D eigenvalue weighted by atomic mass is 9.62. The number of rotatable bonds is 3. The number of nitrogens with one attached hydrogen (secondary N) is 2. The summed E-state index contributed by atoms with van der Waals surface area (Å²) in [6.45, 7) is 3.85. The van der Waals surface area contributed by atoms with E-state index in [2.05, 4.69) is 10.6 Å². The SMILES string of the molecule is C1CC1NCC12CCC1CNC2. The van der Waals surface area contributed by atoms with E-state index in [-0.39, 0.29) is 0 Å². The third-order valence-corrected chi connectivity index (χ3v) is 4.04. The lowest BCUT2D eigenvalue weighted by Gasteiger charge is -2.44.